The Labute approximate surface area is 193 Å². The van der Waals surface area contributed by atoms with Crippen molar-refractivity contribution < 1.29 is 18.7 Å². The van der Waals surface area contributed by atoms with Gasteiger partial charge in [0.2, 0.25) is 0 Å². The van der Waals surface area contributed by atoms with Crippen LogP contribution in [0.15, 0.2) is 76.9 Å². The smallest absolute Gasteiger partial charge is 0.329 e. The number of rotatable bonds is 6. The SMILES string of the molecule is Cc1cccc(CN2C(=O)N/C(=C/c3ccc(OCc4ccccc4F)c(Br)c3)C2=O)c1. The van der Waals surface area contributed by atoms with Crippen molar-refractivity contribution in [3.63, 3.8) is 0 Å². The molecule has 0 spiro atoms. The molecule has 7 heteroatoms. The predicted octanol–water partition coefficient (Wildman–Crippen LogP) is 5.57. The van der Waals surface area contributed by atoms with E-state index in [1.807, 2.05) is 31.2 Å². The van der Waals surface area contributed by atoms with Crippen LogP contribution in [0.25, 0.3) is 6.08 Å². The first kappa shape index (κ1) is 21.8. The molecule has 0 saturated carbocycles. The first-order chi connectivity index (χ1) is 15.4. The number of urea groups is 1. The van der Waals surface area contributed by atoms with E-state index in [4.69, 9.17) is 4.74 Å². The second-order valence-corrected chi connectivity index (χ2v) is 8.29. The number of ether oxygens (including phenoxy) is 1. The highest BCUT2D eigenvalue weighted by Crippen LogP contribution is 2.28. The van der Waals surface area contributed by atoms with Crippen LogP contribution >= 0.6 is 15.9 Å². The molecule has 5 nitrogen and oxygen atoms in total. The maximum Gasteiger partial charge on any atom is 0.329 e. The van der Waals surface area contributed by atoms with Gasteiger partial charge in [0.15, 0.2) is 0 Å². The summed E-state index contributed by atoms with van der Waals surface area (Å²) in [6.07, 6.45) is 1.61. The van der Waals surface area contributed by atoms with E-state index in [2.05, 4.69) is 21.2 Å². The fraction of sp³-hybridized carbons (Fsp3) is 0.120. The molecule has 1 N–H and O–H groups in total. The van der Waals surface area contributed by atoms with Gasteiger partial charge >= 0.3 is 6.03 Å². The average Bonchev–Trinajstić information content (AvgIpc) is 3.01. The highest BCUT2D eigenvalue weighted by Gasteiger charge is 2.33. The third kappa shape index (κ3) is 4.89. The average molecular weight is 495 g/mol. The molecule has 0 bridgehead atoms. The van der Waals surface area contributed by atoms with Gasteiger partial charge in [-0.2, -0.15) is 0 Å². The van der Waals surface area contributed by atoms with Gasteiger partial charge in [0.1, 0.15) is 23.9 Å². The van der Waals surface area contributed by atoms with Gasteiger partial charge in [-0.1, -0.05) is 54.1 Å². The number of nitrogens with one attached hydrogen (secondary N) is 1. The van der Waals surface area contributed by atoms with E-state index in [1.54, 1.807) is 42.5 Å². The molecular weight excluding hydrogens is 475 g/mol. The zero-order valence-corrected chi connectivity index (χ0v) is 18.9. The van der Waals surface area contributed by atoms with Gasteiger partial charge in [0.25, 0.3) is 5.91 Å². The Kier molecular flexibility index (Phi) is 6.37. The van der Waals surface area contributed by atoms with Crippen LogP contribution in [0.4, 0.5) is 9.18 Å². The Morgan fingerprint density at radius 3 is 2.62 bits per heavy atom. The number of nitrogens with zero attached hydrogens (tertiary/aromatic N) is 1. The van der Waals surface area contributed by atoms with Gasteiger partial charge in [-0.3, -0.25) is 9.69 Å². The lowest BCUT2D eigenvalue weighted by Gasteiger charge is -2.12. The van der Waals surface area contributed by atoms with Gasteiger partial charge < -0.3 is 10.1 Å². The standard InChI is InChI=1S/C25H20BrFN2O3/c1-16-5-4-6-18(11-16)14-29-24(30)22(28-25(29)31)13-17-9-10-23(20(26)12-17)32-15-19-7-2-3-8-21(19)27/h2-13H,14-15H2,1H3,(H,28,31)/b22-13+. The fourth-order valence-corrected chi connectivity index (χ4v) is 3.88. The van der Waals surface area contributed by atoms with E-state index in [0.29, 0.717) is 21.3 Å². The van der Waals surface area contributed by atoms with Crippen LogP contribution < -0.4 is 10.1 Å². The molecule has 1 aliphatic rings. The molecule has 4 rings (SSSR count). The van der Waals surface area contributed by atoms with E-state index < -0.39 is 6.03 Å². The zero-order valence-electron chi connectivity index (χ0n) is 17.3. The van der Waals surface area contributed by atoms with Crippen LogP contribution in [0.2, 0.25) is 0 Å². The predicted molar refractivity (Wildman–Crippen MR) is 123 cm³/mol. The lowest BCUT2D eigenvalue weighted by atomic mass is 10.1. The monoisotopic (exact) mass is 494 g/mol. The minimum atomic E-state index is -0.452. The number of hydrogen-bond donors (Lipinski definition) is 1. The van der Waals surface area contributed by atoms with E-state index >= 15 is 0 Å². The van der Waals surface area contributed by atoms with Gasteiger partial charge in [0.05, 0.1) is 11.0 Å². The number of benzene rings is 3. The Balaban J connectivity index is 1.46. The Hall–Kier alpha value is -3.45. The summed E-state index contributed by atoms with van der Waals surface area (Å²) in [6.45, 7) is 2.26. The van der Waals surface area contributed by atoms with E-state index in [9.17, 15) is 14.0 Å². The van der Waals surface area contributed by atoms with Crippen LogP contribution in [0.5, 0.6) is 5.75 Å². The molecule has 0 unspecified atom stereocenters. The summed E-state index contributed by atoms with van der Waals surface area (Å²) >= 11 is 3.45. The van der Waals surface area contributed by atoms with Crippen molar-refractivity contribution in [2.45, 2.75) is 20.1 Å². The third-order valence-corrected chi connectivity index (χ3v) is 5.61. The molecule has 1 fully saturated rings. The lowest BCUT2D eigenvalue weighted by Crippen LogP contribution is -2.30. The fourth-order valence-electron chi connectivity index (χ4n) is 3.37. The molecule has 3 aromatic carbocycles. The quantitative estimate of drug-likeness (QED) is 0.360. The van der Waals surface area contributed by atoms with Crippen LogP contribution in [0.1, 0.15) is 22.3 Å². The van der Waals surface area contributed by atoms with Gasteiger partial charge in [-0.15, -0.1) is 0 Å². The number of amides is 3. The molecule has 3 amide bonds. The van der Waals surface area contributed by atoms with Crippen molar-refractivity contribution in [1.29, 1.82) is 0 Å². The largest absolute Gasteiger partial charge is 0.488 e. The Morgan fingerprint density at radius 1 is 1.06 bits per heavy atom. The lowest BCUT2D eigenvalue weighted by molar-refractivity contribution is -0.123. The van der Waals surface area contributed by atoms with Crippen molar-refractivity contribution >= 4 is 33.9 Å². The van der Waals surface area contributed by atoms with Gasteiger partial charge in [0, 0.05) is 5.56 Å². The highest BCUT2D eigenvalue weighted by molar-refractivity contribution is 9.10. The molecule has 0 atom stereocenters. The number of imide groups is 1. The molecule has 3 aromatic rings. The summed E-state index contributed by atoms with van der Waals surface area (Å²) in [5, 5.41) is 2.63. The minimum Gasteiger partial charge on any atom is -0.488 e. The van der Waals surface area contributed by atoms with Crippen LogP contribution in [-0.2, 0) is 17.9 Å². The number of hydrogen-bond acceptors (Lipinski definition) is 3. The van der Waals surface area contributed by atoms with Gasteiger partial charge in [-0.05, 0) is 58.3 Å². The number of halogens is 2. The topological polar surface area (TPSA) is 58.6 Å². The van der Waals surface area contributed by atoms with Gasteiger partial charge in [-0.25, -0.2) is 9.18 Å². The third-order valence-electron chi connectivity index (χ3n) is 4.99. The van der Waals surface area contributed by atoms with Crippen molar-refractivity contribution in [3.8, 4) is 5.75 Å². The zero-order chi connectivity index (χ0) is 22.7. The van der Waals surface area contributed by atoms with Crippen molar-refractivity contribution in [3.05, 3.63) is 105 Å². The molecule has 1 saturated heterocycles. The Bertz CT molecular complexity index is 1230. The van der Waals surface area contributed by atoms with E-state index in [1.165, 1.54) is 11.0 Å². The maximum absolute atomic E-state index is 13.8. The van der Waals surface area contributed by atoms with E-state index in [-0.39, 0.29) is 30.6 Å². The molecule has 0 radical (unpaired) electrons. The molecule has 32 heavy (non-hydrogen) atoms. The summed E-state index contributed by atoms with van der Waals surface area (Å²) in [6, 6.07) is 18.9. The normalized spacial score (nSPS) is 14.7. The summed E-state index contributed by atoms with van der Waals surface area (Å²) in [5.41, 5.74) is 3.31. The maximum atomic E-state index is 13.8. The van der Waals surface area contributed by atoms with Crippen molar-refractivity contribution in [2.75, 3.05) is 0 Å². The Morgan fingerprint density at radius 2 is 1.88 bits per heavy atom. The molecule has 1 heterocycles. The number of aryl methyl sites for hydroxylation is 1. The second-order valence-electron chi connectivity index (χ2n) is 7.44. The number of carbonyl (C=O) groups excluding carboxylic acids is 2. The molecular formula is C25H20BrFN2O3. The molecule has 0 aliphatic carbocycles. The van der Waals surface area contributed by atoms with Crippen LogP contribution in [0.3, 0.4) is 0 Å². The van der Waals surface area contributed by atoms with Crippen molar-refractivity contribution in [2.24, 2.45) is 0 Å². The van der Waals surface area contributed by atoms with Crippen LogP contribution in [-0.4, -0.2) is 16.8 Å². The van der Waals surface area contributed by atoms with Crippen molar-refractivity contribution in [1.82, 2.24) is 10.2 Å². The summed E-state index contributed by atoms with van der Waals surface area (Å²) < 4.78 is 20.1. The second kappa shape index (κ2) is 9.36. The summed E-state index contributed by atoms with van der Waals surface area (Å²) in [5.74, 6) is -0.165. The number of carbonyl (C=O) groups is 2. The minimum absolute atomic E-state index is 0.0914. The first-order valence-corrected chi connectivity index (χ1v) is 10.8. The highest BCUT2D eigenvalue weighted by atomic mass is 79.9. The molecule has 0 aromatic heterocycles. The summed E-state index contributed by atoms with van der Waals surface area (Å²) in [4.78, 5) is 26.3. The first-order valence-electron chi connectivity index (χ1n) is 9.96. The molecule has 162 valence electrons. The molecule has 1 aliphatic heterocycles. The summed E-state index contributed by atoms with van der Waals surface area (Å²) in [7, 11) is 0. The van der Waals surface area contributed by atoms with Crippen LogP contribution in [0, 0.1) is 12.7 Å². The van der Waals surface area contributed by atoms with E-state index in [0.717, 1.165) is 11.1 Å².